The molecule has 0 bridgehead atoms. The molecule has 2 aliphatic heterocycles. The lowest BCUT2D eigenvalue weighted by molar-refractivity contribution is 0.214. The van der Waals surface area contributed by atoms with Crippen LogP contribution in [0.25, 0.3) is 0 Å². The van der Waals surface area contributed by atoms with Crippen LogP contribution in [0.4, 0.5) is 10.5 Å². The number of nitrogens with one attached hydrogen (secondary N) is 1. The third-order valence-corrected chi connectivity index (χ3v) is 7.29. The van der Waals surface area contributed by atoms with Crippen molar-refractivity contribution < 1.29 is 13.2 Å². The number of carbonyl (C=O) groups excluding carboxylic acids is 1. The van der Waals surface area contributed by atoms with Gasteiger partial charge in [-0.25, -0.2) is 13.2 Å². The summed E-state index contributed by atoms with van der Waals surface area (Å²) in [5, 5.41) is 2.88. The minimum absolute atomic E-state index is 0.104. The highest BCUT2D eigenvalue weighted by atomic mass is 32.2. The maximum absolute atomic E-state index is 12.7. The fraction of sp³-hybridized carbons (Fsp3) is 0.632. The zero-order valence-corrected chi connectivity index (χ0v) is 16.3. The standard InChI is InChI=1S/C19H29N3O3S/c1-16-10-14-22(15-11-16)26(24,25)18-8-6-17(7-9-18)20-19(23)21-12-4-2-3-5-13-21/h6-9,16H,2-5,10-15H2,1H3,(H,20,23). The first-order chi connectivity index (χ1) is 12.5. The molecule has 7 heteroatoms. The third kappa shape index (κ3) is 4.57. The van der Waals surface area contributed by atoms with Crippen LogP contribution in [0.15, 0.2) is 29.2 Å². The first-order valence-corrected chi connectivity index (χ1v) is 11.1. The van der Waals surface area contributed by atoms with Crippen LogP contribution < -0.4 is 5.32 Å². The Kier molecular flexibility index (Phi) is 6.19. The molecule has 0 spiro atoms. The van der Waals surface area contributed by atoms with Crippen molar-refractivity contribution in [3.05, 3.63) is 24.3 Å². The van der Waals surface area contributed by atoms with Gasteiger partial charge in [0, 0.05) is 31.9 Å². The van der Waals surface area contributed by atoms with E-state index in [1.165, 1.54) is 12.8 Å². The molecule has 0 unspecified atom stereocenters. The average molecular weight is 380 g/mol. The van der Waals surface area contributed by atoms with Crippen molar-refractivity contribution in [1.29, 1.82) is 0 Å². The Labute approximate surface area is 156 Å². The number of hydrogen-bond donors (Lipinski definition) is 1. The number of urea groups is 1. The van der Waals surface area contributed by atoms with Crippen molar-refractivity contribution in [2.45, 2.75) is 50.3 Å². The SMILES string of the molecule is CC1CCN(S(=O)(=O)c2ccc(NC(=O)N3CCCCCC3)cc2)CC1. The van der Waals surface area contributed by atoms with Gasteiger partial charge in [-0.15, -0.1) is 0 Å². The maximum Gasteiger partial charge on any atom is 0.321 e. The number of rotatable bonds is 3. The van der Waals surface area contributed by atoms with E-state index >= 15 is 0 Å². The summed E-state index contributed by atoms with van der Waals surface area (Å²) in [6.45, 7) is 4.89. The molecule has 2 fully saturated rings. The summed E-state index contributed by atoms with van der Waals surface area (Å²) in [7, 11) is -3.45. The first kappa shape index (κ1) is 19.2. The number of nitrogens with zero attached hydrogens (tertiary/aromatic N) is 2. The molecule has 2 heterocycles. The van der Waals surface area contributed by atoms with Gasteiger partial charge in [0.25, 0.3) is 0 Å². The van der Waals surface area contributed by atoms with Gasteiger partial charge in [-0.05, 0) is 55.9 Å². The molecule has 26 heavy (non-hydrogen) atoms. The van der Waals surface area contributed by atoms with Gasteiger partial charge in [0.1, 0.15) is 0 Å². The Bertz CT molecular complexity index is 702. The zero-order chi connectivity index (χ0) is 18.6. The van der Waals surface area contributed by atoms with Crippen LogP contribution in [0.3, 0.4) is 0 Å². The molecule has 144 valence electrons. The first-order valence-electron chi connectivity index (χ1n) is 9.63. The molecular formula is C19H29N3O3S. The molecular weight excluding hydrogens is 350 g/mol. The van der Waals surface area contributed by atoms with Crippen LogP contribution >= 0.6 is 0 Å². The Hall–Kier alpha value is -1.60. The molecule has 6 nitrogen and oxygen atoms in total. The zero-order valence-electron chi connectivity index (χ0n) is 15.5. The predicted molar refractivity (Wildman–Crippen MR) is 103 cm³/mol. The number of piperidine rings is 1. The molecule has 2 aliphatic rings. The highest BCUT2D eigenvalue weighted by Gasteiger charge is 2.28. The molecule has 0 aliphatic carbocycles. The summed E-state index contributed by atoms with van der Waals surface area (Å²) in [5.74, 6) is 0.582. The number of carbonyl (C=O) groups is 1. The topological polar surface area (TPSA) is 69.7 Å². The van der Waals surface area contributed by atoms with Crippen LogP contribution in [0.5, 0.6) is 0 Å². The molecule has 0 saturated carbocycles. The second-order valence-electron chi connectivity index (χ2n) is 7.44. The van der Waals surface area contributed by atoms with E-state index in [0.29, 0.717) is 29.6 Å². The van der Waals surface area contributed by atoms with Crippen molar-refractivity contribution in [3.8, 4) is 0 Å². The highest BCUT2D eigenvalue weighted by Crippen LogP contribution is 2.24. The fourth-order valence-electron chi connectivity index (χ4n) is 3.56. The summed E-state index contributed by atoms with van der Waals surface area (Å²) in [5.41, 5.74) is 0.630. The van der Waals surface area contributed by atoms with Crippen LogP contribution in [-0.4, -0.2) is 49.8 Å². The summed E-state index contributed by atoms with van der Waals surface area (Å²) in [6.07, 6.45) is 6.24. The van der Waals surface area contributed by atoms with Crippen molar-refractivity contribution in [3.63, 3.8) is 0 Å². The highest BCUT2D eigenvalue weighted by molar-refractivity contribution is 7.89. The van der Waals surface area contributed by atoms with Crippen LogP contribution in [0, 0.1) is 5.92 Å². The van der Waals surface area contributed by atoms with Crippen LogP contribution in [0.2, 0.25) is 0 Å². The van der Waals surface area contributed by atoms with E-state index in [9.17, 15) is 13.2 Å². The van der Waals surface area contributed by atoms with E-state index in [1.807, 2.05) is 4.90 Å². The molecule has 2 saturated heterocycles. The molecule has 1 aromatic rings. The lowest BCUT2D eigenvalue weighted by Gasteiger charge is -2.29. The Balaban J connectivity index is 1.63. The molecule has 0 aromatic heterocycles. The van der Waals surface area contributed by atoms with Crippen LogP contribution in [0.1, 0.15) is 45.4 Å². The number of amides is 2. The van der Waals surface area contributed by atoms with Gasteiger partial charge in [0.2, 0.25) is 10.0 Å². The summed E-state index contributed by atoms with van der Waals surface area (Å²) in [6, 6.07) is 6.42. The predicted octanol–water partition coefficient (Wildman–Crippen LogP) is 3.52. The van der Waals surface area contributed by atoms with Crippen molar-refractivity contribution in [1.82, 2.24) is 9.21 Å². The number of likely N-dealkylation sites (tertiary alicyclic amines) is 1. The molecule has 0 atom stereocenters. The molecule has 1 aromatic carbocycles. The van der Waals surface area contributed by atoms with Gasteiger partial charge in [-0.1, -0.05) is 19.8 Å². The van der Waals surface area contributed by atoms with E-state index in [2.05, 4.69) is 12.2 Å². The summed E-state index contributed by atoms with van der Waals surface area (Å²) < 4.78 is 27.1. The second-order valence-corrected chi connectivity index (χ2v) is 9.38. The smallest absolute Gasteiger partial charge is 0.321 e. The molecule has 1 N–H and O–H groups in total. The molecule has 0 radical (unpaired) electrons. The number of benzene rings is 1. The van der Waals surface area contributed by atoms with Crippen molar-refractivity contribution in [2.24, 2.45) is 5.92 Å². The fourth-order valence-corrected chi connectivity index (χ4v) is 5.03. The largest absolute Gasteiger partial charge is 0.325 e. The van der Waals surface area contributed by atoms with E-state index in [0.717, 1.165) is 38.8 Å². The third-order valence-electron chi connectivity index (χ3n) is 5.38. The van der Waals surface area contributed by atoms with E-state index < -0.39 is 10.0 Å². The van der Waals surface area contributed by atoms with Gasteiger partial charge in [-0.2, -0.15) is 4.31 Å². The molecule has 3 rings (SSSR count). The van der Waals surface area contributed by atoms with Gasteiger partial charge in [-0.3, -0.25) is 0 Å². The number of hydrogen-bond acceptors (Lipinski definition) is 3. The minimum Gasteiger partial charge on any atom is -0.325 e. The number of sulfonamides is 1. The summed E-state index contributed by atoms with van der Waals surface area (Å²) in [4.78, 5) is 14.5. The van der Waals surface area contributed by atoms with Crippen molar-refractivity contribution in [2.75, 3.05) is 31.5 Å². The number of anilines is 1. The van der Waals surface area contributed by atoms with E-state index in [4.69, 9.17) is 0 Å². The second kappa shape index (κ2) is 8.39. The van der Waals surface area contributed by atoms with Gasteiger partial charge in [0.15, 0.2) is 0 Å². The lowest BCUT2D eigenvalue weighted by Crippen LogP contribution is -2.37. The maximum atomic E-state index is 12.7. The van der Waals surface area contributed by atoms with Gasteiger partial charge < -0.3 is 10.2 Å². The quantitative estimate of drug-likeness (QED) is 0.874. The van der Waals surface area contributed by atoms with Crippen molar-refractivity contribution >= 4 is 21.7 Å². The Morgan fingerprint density at radius 2 is 1.54 bits per heavy atom. The van der Waals surface area contributed by atoms with Gasteiger partial charge in [0.05, 0.1) is 4.90 Å². The Morgan fingerprint density at radius 3 is 2.12 bits per heavy atom. The lowest BCUT2D eigenvalue weighted by atomic mass is 10.0. The Morgan fingerprint density at radius 1 is 0.962 bits per heavy atom. The van der Waals surface area contributed by atoms with E-state index in [1.54, 1.807) is 28.6 Å². The summed E-state index contributed by atoms with van der Waals surface area (Å²) >= 11 is 0. The normalized spacial score (nSPS) is 20.6. The molecule has 2 amide bonds. The van der Waals surface area contributed by atoms with Crippen LogP contribution in [-0.2, 0) is 10.0 Å². The minimum atomic E-state index is -3.45. The monoisotopic (exact) mass is 379 g/mol. The van der Waals surface area contributed by atoms with E-state index in [-0.39, 0.29) is 6.03 Å². The average Bonchev–Trinajstić information content (AvgIpc) is 2.92. The van der Waals surface area contributed by atoms with Gasteiger partial charge >= 0.3 is 6.03 Å².